The monoisotopic (exact) mass is 381 g/mol. The Morgan fingerprint density at radius 1 is 1.00 bits per heavy atom. The van der Waals surface area contributed by atoms with E-state index in [1.165, 1.54) is 4.57 Å². The first-order valence-electron chi connectivity index (χ1n) is 9.19. The number of hydrogen-bond acceptors (Lipinski definition) is 3. The van der Waals surface area contributed by atoms with Crippen LogP contribution in [0.3, 0.4) is 0 Å². The number of benzene rings is 2. The number of carboxylic acid groups (broad SMARTS) is 1. The fourth-order valence-electron chi connectivity index (χ4n) is 3.39. The summed E-state index contributed by atoms with van der Waals surface area (Å²) in [6.45, 7) is 3.74. The van der Waals surface area contributed by atoms with Gasteiger partial charge in [0.15, 0.2) is 0 Å². The van der Waals surface area contributed by atoms with E-state index in [4.69, 9.17) is 0 Å². The highest BCUT2D eigenvalue weighted by Crippen LogP contribution is 2.22. The molecule has 7 nitrogen and oxygen atoms in total. The molecular formula is C21H23N3O4. The van der Waals surface area contributed by atoms with Crippen molar-refractivity contribution in [2.75, 3.05) is 0 Å². The average Bonchev–Trinajstić information content (AvgIpc) is 2.97. The molecule has 2 atom stereocenters. The molecule has 0 aliphatic heterocycles. The topological polar surface area (TPSA) is 93.3 Å². The fraction of sp³-hybridized carbons (Fsp3) is 0.286. The van der Waals surface area contributed by atoms with Crippen molar-refractivity contribution in [1.29, 1.82) is 0 Å². The minimum Gasteiger partial charge on any atom is -0.481 e. The number of imidazole rings is 1. The maximum absolute atomic E-state index is 12.7. The predicted molar refractivity (Wildman–Crippen MR) is 106 cm³/mol. The molecule has 1 amide bonds. The highest BCUT2D eigenvalue weighted by atomic mass is 16.4. The van der Waals surface area contributed by atoms with Crippen molar-refractivity contribution >= 4 is 22.9 Å². The predicted octanol–water partition coefficient (Wildman–Crippen LogP) is 2.40. The summed E-state index contributed by atoms with van der Waals surface area (Å²) in [5, 5.41) is 12.2. The van der Waals surface area contributed by atoms with E-state index >= 15 is 0 Å². The Morgan fingerprint density at radius 3 is 2.14 bits per heavy atom. The van der Waals surface area contributed by atoms with E-state index in [9.17, 15) is 19.5 Å². The molecule has 1 aromatic heterocycles. The third kappa shape index (κ3) is 3.69. The van der Waals surface area contributed by atoms with Gasteiger partial charge in [-0.15, -0.1) is 0 Å². The Kier molecular flexibility index (Phi) is 5.63. The number of carbonyl (C=O) groups excluding carboxylic acids is 1. The first-order valence-corrected chi connectivity index (χ1v) is 9.19. The molecule has 146 valence electrons. The average molecular weight is 381 g/mol. The quantitative estimate of drug-likeness (QED) is 0.657. The van der Waals surface area contributed by atoms with Gasteiger partial charge in [-0.25, -0.2) is 4.79 Å². The molecule has 0 radical (unpaired) electrons. The Labute approximate surface area is 162 Å². The van der Waals surface area contributed by atoms with Gasteiger partial charge in [-0.1, -0.05) is 42.5 Å². The Bertz CT molecular complexity index is 1050. The Balaban J connectivity index is 1.90. The molecule has 0 saturated heterocycles. The zero-order valence-electron chi connectivity index (χ0n) is 15.8. The van der Waals surface area contributed by atoms with Crippen molar-refractivity contribution in [2.45, 2.75) is 33.0 Å². The SMILES string of the molecule is CCn1c(=O)n(CC(=O)NC(c2ccccc2)C(C)C(=O)O)c2ccccc21. The standard InChI is InChI=1S/C21H23N3O4/c1-3-23-16-11-7-8-12-17(16)24(21(23)28)13-18(25)22-19(14(2)20(26)27)15-9-5-4-6-10-15/h4-12,14,19H,3,13H2,1-2H3,(H,22,25)(H,26,27). The second kappa shape index (κ2) is 8.12. The zero-order valence-corrected chi connectivity index (χ0v) is 15.8. The second-order valence-electron chi connectivity index (χ2n) is 6.68. The second-order valence-corrected chi connectivity index (χ2v) is 6.68. The minimum absolute atomic E-state index is 0.179. The Hall–Kier alpha value is -3.35. The van der Waals surface area contributed by atoms with Gasteiger partial charge in [0, 0.05) is 6.54 Å². The normalized spacial score (nSPS) is 13.2. The van der Waals surface area contributed by atoms with Crippen LogP contribution in [-0.4, -0.2) is 26.1 Å². The van der Waals surface area contributed by atoms with Gasteiger partial charge in [-0.3, -0.25) is 18.7 Å². The summed E-state index contributed by atoms with van der Waals surface area (Å²) in [5.74, 6) is -2.24. The number of rotatable bonds is 7. The lowest BCUT2D eigenvalue weighted by Crippen LogP contribution is -2.39. The molecule has 3 rings (SSSR count). The van der Waals surface area contributed by atoms with E-state index in [1.54, 1.807) is 41.8 Å². The Morgan fingerprint density at radius 2 is 1.57 bits per heavy atom. The lowest BCUT2D eigenvalue weighted by Gasteiger charge is -2.23. The van der Waals surface area contributed by atoms with E-state index in [0.29, 0.717) is 17.6 Å². The largest absolute Gasteiger partial charge is 0.481 e. The van der Waals surface area contributed by atoms with E-state index in [-0.39, 0.29) is 12.2 Å². The first kappa shape index (κ1) is 19.4. The molecule has 1 heterocycles. The molecule has 0 spiro atoms. The number of hydrogen-bond donors (Lipinski definition) is 2. The summed E-state index contributed by atoms with van der Waals surface area (Å²) in [5.41, 5.74) is 1.88. The van der Waals surface area contributed by atoms with Crippen molar-refractivity contribution < 1.29 is 14.7 Å². The van der Waals surface area contributed by atoms with E-state index < -0.39 is 23.8 Å². The van der Waals surface area contributed by atoms with Gasteiger partial charge >= 0.3 is 11.7 Å². The summed E-state index contributed by atoms with van der Waals surface area (Å²) >= 11 is 0. The minimum atomic E-state index is -1.01. The summed E-state index contributed by atoms with van der Waals surface area (Å²) in [6.07, 6.45) is 0. The van der Waals surface area contributed by atoms with Crippen molar-refractivity contribution in [3.05, 3.63) is 70.6 Å². The number of para-hydroxylation sites is 2. The van der Waals surface area contributed by atoms with Gasteiger partial charge in [-0.2, -0.15) is 0 Å². The molecular weight excluding hydrogens is 358 g/mol. The van der Waals surface area contributed by atoms with Crippen LogP contribution < -0.4 is 11.0 Å². The summed E-state index contributed by atoms with van der Waals surface area (Å²) in [6, 6.07) is 15.6. The maximum Gasteiger partial charge on any atom is 0.329 e. The molecule has 0 aliphatic rings. The zero-order chi connectivity index (χ0) is 20.3. The number of aliphatic carboxylic acids is 1. The lowest BCUT2D eigenvalue weighted by atomic mass is 9.94. The van der Waals surface area contributed by atoms with Gasteiger partial charge in [0.2, 0.25) is 5.91 Å². The molecule has 0 aliphatic carbocycles. The van der Waals surface area contributed by atoms with Crippen molar-refractivity contribution in [3.63, 3.8) is 0 Å². The number of nitrogens with one attached hydrogen (secondary N) is 1. The highest BCUT2D eigenvalue weighted by molar-refractivity contribution is 5.82. The van der Waals surface area contributed by atoms with Crippen molar-refractivity contribution in [2.24, 2.45) is 5.92 Å². The molecule has 0 saturated carbocycles. The number of carbonyl (C=O) groups is 2. The number of aromatic nitrogens is 2. The summed E-state index contributed by atoms with van der Waals surface area (Å²) < 4.78 is 3.03. The van der Waals surface area contributed by atoms with Gasteiger partial charge in [-0.05, 0) is 31.5 Å². The lowest BCUT2D eigenvalue weighted by molar-refractivity contribution is -0.142. The molecule has 2 aromatic carbocycles. The third-order valence-corrected chi connectivity index (χ3v) is 4.91. The number of carboxylic acids is 1. The molecule has 0 fully saturated rings. The van der Waals surface area contributed by atoms with Crippen LogP contribution in [0.5, 0.6) is 0 Å². The first-order chi connectivity index (χ1) is 13.4. The van der Waals surface area contributed by atoms with Crippen LogP contribution in [0.2, 0.25) is 0 Å². The van der Waals surface area contributed by atoms with Gasteiger partial charge < -0.3 is 10.4 Å². The summed E-state index contributed by atoms with van der Waals surface area (Å²) in [7, 11) is 0. The van der Waals surface area contributed by atoms with Crippen LogP contribution in [0.25, 0.3) is 11.0 Å². The van der Waals surface area contributed by atoms with Crippen LogP contribution in [0.4, 0.5) is 0 Å². The molecule has 2 unspecified atom stereocenters. The maximum atomic E-state index is 12.7. The van der Waals surface area contributed by atoms with Crippen molar-refractivity contribution in [3.8, 4) is 0 Å². The van der Waals surface area contributed by atoms with Gasteiger partial charge in [0.25, 0.3) is 0 Å². The molecule has 7 heteroatoms. The van der Waals surface area contributed by atoms with Crippen LogP contribution in [-0.2, 0) is 22.7 Å². The van der Waals surface area contributed by atoms with E-state index in [1.807, 2.05) is 31.2 Å². The van der Waals surface area contributed by atoms with Gasteiger partial charge in [0.1, 0.15) is 6.54 Å². The number of fused-ring (bicyclic) bond motifs is 1. The smallest absolute Gasteiger partial charge is 0.329 e. The number of aryl methyl sites for hydroxylation is 1. The number of nitrogens with zero attached hydrogens (tertiary/aromatic N) is 2. The molecule has 2 N–H and O–H groups in total. The molecule has 0 bridgehead atoms. The number of amides is 1. The van der Waals surface area contributed by atoms with Crippen LogP contribution in [0, 0.1) is 5.92 Å². The summed E-state index contributed by atoms with van der Waals surface area (Å²) in [4.78, 5) is 37.0. The van der Waals surface area contributed by atoms with Crippen LogP contribution >= 0.6 is 0 Å². The molecule has 28 heavy (non-hydrogen) atoms. The van der Waals surface area contributed by atoms with E-state index in [2.05, 4.69) is 5.32 Å². The van der Waals surface area contributed by atoms with Crippen molar-refractivity contribution in [1.82, 2.24) is 14.5 Å². The van der Waals surface area contributed by atoms with E-state index in [0.717, 1.165) is 5.52 Å². The van der Waals surface area contributed by atoms with Gasteiger partial charge in [0.05, 0.1) is 23.0 Å². The fourth-order valence-corrected chi connectivity index (χ4v) is 3.39. The van der Waals surface area contributed by atoms with Crippen LogP contribution in [0.1, 0.15) is 25.5 Å². The third-order valence-electron chi connectivity index (χ3n) is 4.91. The molecule has 3 aromatic rings. The highest BCUT2D eigenvalue weighted by Gasteiger charge is 2.27. The van der Waals surface area contributed by atoms with Crippen LogP contribution in [0.15, 0.2) is 59.4 Å².